The lowest BCUT2D eigenvalue weighted by molar-refractivity contribution is -0.143. The predicted molar refractivity (Wildman–Crippen MR) is 124 cm³/mol. The molecule has 1 amide bonds. The van der Waals surface area contributed by atoms with Crippen molar-refractivity contribution in [3.63, 3.8) is 0 Å². The van der Waals surface area contributed by atoms with Gasteiger partial charge in [-0.25, -0.2) is 4.79 Å². The van der Waals surface area contributed by atoms with Crippen molar-refractivity contribution in [1.29, 1.82) is 0 Å². The second-order valence-corrected chi connectivity index (χ2v) is 7.83. The molecule has 0 aromatic heterocycles. The molecule has 0 bridgehead atoms. The van der Waals surface area contributed by atoms with Gasteiger partial charge in [-0.05, 0) is 48.6 Å². The van der Waals surface area contributed by atoms with Crippen LogP contribution >= 0.6 is 0 Å². The van der Waals surface area contributed by atoms with Crippen LogP contribution in [0.2, 0.25) is 0 Å². The smallest absolute Gasteiger partial charge is 0.330 e. The average molecular weight is 452 g/mol. The number of esters is 2. The Hall–Kier alpha value is -3.61. The molecule has 1 saturated heterocycles. The van der Waals surface area contributed by atoms with Gasteiger partial charge in [-0.1, -0.05) is 36.4 Å². The van der Waals surface area contributed by atoms with Gasteiger partial charge in [-0.15, -0.1) is 0 Å². The fourth-order valence-electron chi connectivity index (χ4n) is 3.71. The number of amides is 1. The lowest BCUT2D eigenvalue weighted by Crippen LogP contribution is -2.41. The van der Waals surface area contributed by atoms with E-state index in [-0.39, 0.29) is 17.8 Å². The zero-order chi connectivity index (χ0) is 23.6. The molecule has 0 N–H and O–H groups in total. The van der Waals surface area contributed by atoms with Crippen molar-refractivity contribution in [1.82, 2.24) is 4.90 Å². The van der Waals surface area contributed by atoms with E-state index in [1.807, 2.05) is 35.2 Å². The van der Waals surface area contributed by atoms with Gasteiger partial charge in [0.25, 0.3) is 0 Å². The molecule has 0 aliphatic carbocycles. The SMILES string of the molecule is COC(=O)/C=C/c1ccc(OC(=O)C2CCN(C(=O)CCc3ccccc3)CC2)c(OC)c1. The summed E-state index contributed by atoms with van der Waals surface area (Å²) in [5.74, 6) is -0.241. The molecule has 0 radical (unpaired) electrons. The number of hydrogen-bond donors (Lipinski definition) is 0. The quantitative estimate of drug-likeness (QED) is 0.346. The molecule has 0 spiro atoms. The largest absolute Gasteiger partial charge is 0.493 e. The topological polar surface area (TPSA) is 82.1 Å². The van der Waals surface area contributed by atoms with E-state index >= 15 is 0 Å². The molecule has 1 aliphatic rings. The minimum Gasteiger partial charge on any atom is -0.493 e. The van der Waals surface area contributed by atoms with Crippen molar-refractivity contribution in [2.45, 2.75) is 25.7 Å². The molecule has 174 valence electrons. The van der Waals surface area contributed by atoms with Crippen LogP contribution in [-0.4, -0.2) is 50.1 Å². The normalized spacial score (nSPS) is 14.2. The van der Waals surface area contributed by atoms with Crippen molar-refractivity contribution in [2.75, 3.05) is 27.3 Å². The highest BCUT2D eigenvalue weighted by Gasteiger charge is 2.29. The van der Waals surface area contributed by atoms with E-state index in [9.17, 15) is 14.4 Å². The molecule has 7 nitrogen and oxygen atoms in total. The number of methoxy groups -OCH3 is 2. The number of piperidine rings is 1. The first-order chi connectivity index (χ1) is 16.0. The van der Waals surface area contributed by atoms with E-state index in [0.717, 1.165) is 5.56 Å². The molecule has 2 aromatic rings. The summed E-state index contributed by atoms with van der Waals surface area (Å²) >= 11 is 0. The number of aryl methyl sites for hydroxylation is 1. The molecule has 2 aromatic carbocycles. The van der Waals surface area contributed by atoms with Crippen molar-refractivity contribution in [2.24, 2.45) is 5.92 Å². The third-order valence-corrected chi connectivity index (χ3v) is 5.66. The number of carbonyl (C=O) groups excluding carboxylic acids is 3. The van der Waals surface area contributed by atoms with Crippen LogP contribution in [-0.2, 0) is 25.5 Å². The standard InChI is InChI=1S/C26H29NO6/c1-31-23-18-20(10-13-25(29)32-2)8-11-22(23)33-26(30)21-14-16-27(17-15-21)24(28)12-9-19-6-4-3-5-7-19/h3-8,10-11,13,18,21H,9,12,14-17H2,1-2H3/b13-10+. The minimum absolute atomic E-state index is 0.114. The number of nitrogens with zero attached hydrogens (tertiary/aromatic N) is 1. The summed E-state index contributed by atoms with van der Waals surface area (Å²) in [6.07, 6.45) is 5.20. The van der Waals surface area contributed by atoms with Crippen molar-refractivity contribution in [3.8, 4) is 11.5 Å². The molecular weight excluding hydrogens is 422 g/mol. The van der Waals surface area contributed by atoms with Crippen LogP contribution in [0.15, 0.2) is 54.6 Å². The lowest BCUT2D eigenvalue weighted by Gasteiger charge is -2.31. The fraction of sp³-hybridized carbons (Fsp3) is 0.346. The fourth-order valence-corrected chi connectivity index (χ4v) is 3.71. The van der Waals surface area contributed by atoms with Gasteiger partial charge in [0, 0.05) is 25.6 Å². The number of hydrogen-bond acceptors (Lipinski definition) is 6. The Balaban J connectivity index is 1.51. The van der Waals surface area contributed by atoms with Crippen LogP contribution in [0.1, 0.15) is 30.4 Å². The first-order valence-corrected chi connectivity index (χ1v) is 11.0. The summed E-state index contributed by atoms with van der Waals surface area (Å²) in [4.78, 5) is 38.3. The van der Waals surface area contributed by atoms with Gasteiger partial charge in [0.1, 0.15) is 0 Å². The highest BCUT2D eigenvalue weighted by molar-refractivity contribution is 5.87. The molecule has 33 heavy (non-hydrogen) atoms. The molecule has 0 saturated carbocycles. The third kappa shape index (κ3) is 6.94. The van der Waals surface area contributed by atoms with Crippen molar-refractivity contribution < 1.29 is 28.6 Å². The summed E-state index contributed by atoms with van der Waals surface area (Å²) < 4.78 is 15.5. The molecule has 0 unspecified atom stereocenters. The molecule has 1 heterocycles. The van der Waals surface area contributed by atoms with Crippen molar-refractivity contribution in [3.05, 3.63) is 65.7 Å². The average Bonchev–Trinajstić information content (AvgIpc) is 2.87. The van der Waals surface area contributed by atoms with E-state index in [4.69, 9.17) is 9.47 Å². The van der Waals surface area contributed by atoms with Crippen molar-refractivity contribution >= 4 is 23.9 Å². The molecule has 1 aliphatic heterocycles. The van der Waals surface area contributed by atoms with Gasteiger partial charge in [0.05, 0.1) is 20.1 Å². The summed E-state index contributed by atoms with van der Waals surface area (Å²) in [5, 5.41) is 0. The van der Waals surface area contributed by atoms with E-state index in [1.165, 1.54) is 20.3 Å². The first-order valence-electron chi connectivity index (χ1n) is 11.0. The Morgan fingerprint density at radius 2 is 1.73 bits per heavy atom. The maximum atomic E-state index is 12.7. The van der Waals surface area contributed by atoms with E-state index < -0.39 is 5.97 Å². The summed E-state index contributed by atoms with van der Waals surface area (Å²) in [6, 6.07) is 15.0. The summed E-state index contributed by atoms with van der Waals surface area (Å²) in [5.41, 5.74) is 1.85. The number of ether oxygens (including phenoxy) is 3. The van der Waals surface area contributed by atoms with Gasteiger partial charge in [-0.3, -0.25) is 9.59 Å². The van der Waals surface area contributed by atoms with Crippen LogP contribution in [0.3, 0.4) is 0 Å². The highest BCUT2D eigenvalue weighted by Crippen LogP contribution is 2.30. The molecule has 3 rings (SSSR count). The van der Waals surface area contributed by atoms with Crippen LogP contribution in [0.25, 0.3) is 6.08 Å². The maximum absolute atomic E-state index is 12.7. The Bertz CT molecular complexity index is 993. The van der Waals surface area contributed by atoms with Crippen LogP contribution in [0, 0.1) is 5.92 Å². The monoisotopic (exact) mass is 451 g/mol. The van der Waals surface area contributed by atoms with E-state index in [0.29, 0.717) is 55.8 Å². The second kappa shape index (κ2) is 11.9. The minimum atomic E-state index is -0.464. The highest BCUT2D eigenvalue weighted by atomic mass is 16.6. The lowest BCUT2D eigenvalue weighted by atomic mass is 9.96. The van der Waals surface area contributed by atoms with E-state index in [2.05, 4.69) is 4.74 Å². The van der Waals surface area contributed by atoms with Gasteiger partial charge in [0.15, 0.2) is 11.5 Å². The number of likely N-dealkylation sites (tertiary alicyclic amines) is 1. The summed E-state index contributed by atoms with van der Waals surface area (Å²) in [6.45, 7) is 1.09. The number of rotatable bonds is 8. The number of carbonyl (C=O) groups is 3. The Morgan fingerprint density at radius 1 is 1.00 bits per heavy atom. The maximum Gasteiger partial charge on any atom is 0.330 e. The van der Waals surface area contributed by atoms with Gasteiger partial charge in [-0.2, -0.15) is 0 Å². The zero-order valence-electron chi connectivity index (χ0n) is 19.0. The third-order valence-electron chi connectivity index (χ3n) is 5.66. The predicted octanol–water partition coefficient (Wildman–Crippen LogP) is 3.66. The Labute approximate surface area is 193 Å². The van der Waals surface area contributed by atoms with Gasteiger partial charge < -0.3 is 19.1 Å². The van der Waals surface area contributed by atoms with Gasteiger partial charge in [0.2, 0.25) is 5.91 Å². The Morgan fingerprint density at radius 3 is 2.39 bits per heavy atom. The molecular formula is C26H29NO6. The molecule has 1 fully saturated rings. The van der Waals surface area contributed by atoms with Crippen LogP contribution < -0.4 is 9.47 Å². The summed E-state index contributed by atoms with van der Waals surface area (Å²) in [7, 11) is 2.79. The molecule has 7 heteroatoms. The first kappa shape index (κ1) is 24.0. The number of benzene rings is 2. The zero-order valence-corrected chi connectivity index (χ0v) is 19.0. The second-order valence-electron chi connectivity index (χ2n) is 7.83. The Kier molecular flexibility index (Phi) is 8.63. The molecule has 0 atom stereocenters. The van der Waals surface area contributed by atoms with Gasteiger partial charge >= 0.3 is 11.9 Å². The van der Waals surface area contributed by atoms with Crippen LogP contribution in [0.4, 0.5) is 0 Å². The van der Waals surface area contributed by atoms with E-state index in [1.54, 1.807) is 24.3 Å². The van der Waals surface area contributed by atoms with Crippen LogP contribution in [0.5, 0.6) is 11.5 Å².